The predicted molar refractivity (Wildman–Crippen MR) is 121 cm³/mol. The fourth-order valence-corrected chi connectivity index (χ4v) is 5.20. The van der Waals surface area contributed by atoms with Crippen LogP contribution >= 0.6 is 35.0 Å². The van der Waals surface area contributed by atoms with Gasteiger partial charge in [0.2, 0.25) is 0 Å². The number of aliphatic hydroxyl groups is 3. The minimum absolute atomic E-state index is 0.0151. The van der Waals surface area contributed by atoms with Crippen molar-refractivity contribution in [2.75, 3.05) is 6.61 Å². The zero-order chi connectivity index (χ0) is 25.4. The van der Waals surface area contributed by atoms with Crippen molar-refractivity contribution in [3.63, 3.8) is 0 Å². The second-order valence-corrected chi connectivity index (χ2v) is 9.55. The van der Waals surface area contributed by atoms with Crippen LogP contribution in [0.1, 0.15) is 16.4 Å². The molecule has 4 rings (SSSR count). The number of hydrogen-bond donors (Lipinski definition) is 4. The molecule has 1 aliphatic heterocycles. The minimum Gasteiger partial charge on any atom is -0.478 e. The van der Waals surface area contributed by atoms with Crippen LogP contribution in [0, 0.1) is 11.6 Å². The Labute approximate surface area is 210 Å². The van der Waals surface area contributed by atoms with Crippen molar-refractivity contribution in [3.05, 3.63) is 63.8 Å². The molecule has 14 heteroatoms. The van der Waals surface area contributed by atoms with Crippen molar-refractivity contribution in [1.29, 1.82) is 0 Å². The monoisotopic (exact) mass is 547 g/mol. The summed E-state index contributed by atoms with van der Waals surface area (Å²) in [4.78, 5) is 11.8. The molecule has 3 aromatic rings. The number of aromatic nitrogens is 3. The Kier molecular flexibility index (Phi) is 7.62. The van der Waals surface area contributed by atoms with Gasteiger partial charge in [-0.05, 0) is 30.3 Å². The highest BCUT2D eigenvalue weighted by molar-refractivity contribution is 8.00. The molecule has 1 aliphatic rings. The van der Waals surface area contributed by atoms with Crippen molar-refractivity contribution in [2.24, 2.45) is 0 Å². The van der Waals surface area contributed by atoms with E-state index in [9.17, 15) is 34.0 Å². The van der Waals surface area contributed by atoms with Crippen molar-refractivity contribution in [3.8, 4) is 11.3 Å². The van der Waals surface area contributed by atoms with Gasteiger partial charge in [0.1, 0.15) is 52.1 Å². The zero-order valence-electron chi connectivity index (χ0n) is 17.4. The van der Waals surface area contributed by atoms with Crippen LogP contribution in [0.5, 0.6) is 0 Å². The van der Waals surface area contributed by atoms with Gasteiger partial charge in [-0.3, -0.25) is 0 Å². The third kappa shape index (κ3) is 5.14. The van der Waals surface area contributed by atoms with Crippen LogP contribution in [0.4, 0.5) is 8.78 Å². The van der Waals surface area contributed by atoms with E-state index in [1.54, 1.807) is 0 Å². The van der Waals surface area contributed by atoms with E-state index < -0.39 is 59.0 Å². The molecule has 186 valence electrons. The highest BCUT2D eigenvalue weighted by Gasteiger charge is 2.46. The number of carboxylic acid groups (broad SMARTS) is 1. The summed E-state index contributed by atoms with van der Waals surface area (Å²) in [6.45, 7) is -0.627. The maximum atomic E-state index is 13.9. The van der Waals surface area contributed by atoms with E-state index in [1.807, 2.05) is 0 Å². The van der Waals surface area contributed by atoms with E-state index in [4.69, 9.17) is 27.9 Å². The smallest absolute Gasteiger partial charge is 0.336 e. The Morgan fingerprint density at radius 3 is 2.46 bits per heavy atom. The minimum atomic E-state index is -1.48. The van der Waals surface area contributed by atoms with Gasteiger partial charge in [-0.15, -0.1) is 5.10 Å². The van der Waals surface area contributed by atoms with Crippen LogP contribution < -0.4 is 0 Å². The van der Waals surface area contributed by atoms with Gasteiger partial charge in [0.15, 0.2) is 0 Å². The highest BCUT2D eigenvalue weighted by Crippen LogP contribution is 2.40. The number of halogens is 4. The molecule has 2 heterocycles. The van der Waals surface area contributed by atoms with E-state index in [0.717, 1.165) is 28.6 Å². The van der Waals surface area contributed by atoms with E-state index in [-0.39, 0.29) is 26.7 Å². The van der Waals surface area contributed by atoms with Crippen LogP contribution in [-0.2, 0) is 4.74 Å². The van der Waals surface area contributed by atoms with Gasteiger partial charge in [-0.2, -0.15) is 0 Å². The molecule has 1 saturated heterocycles. The van der Waals surface area contributed by atoms with Crippen LogP contribution in [0.2, 0.25) is 10.0 Å². The number of thioether (sulfide) groups is 1. The number of benzene rings is 2. The molecule has 9 nitrogen and oxygen atoms in total. The fraction of sp³-hybridized carbons (Fsp3) is 0.286. The first-order valence-electron chi connectivity index (χ1n) is 9.99. The molecule has 4 N–H and O–H groups in total. The van der Waals surface area contributed by atoms with Crippen molar-refractivity contribution < 1.29 is 38.7 Å². The lowest BCUT2D eigenvalue weighted by atomic mass is 9.97. The Hall–Kier alpha value is -2.32. The molecule has 1 aromatic heterocycles. The molecule has 0 spiro atoms. The Morgan fingerprint density at radius 1 is 1.14 bits per heavy atom. The van der Waals surface area contributed by atoms with Gasteiger partial charge in [0, 0.05) is 15.5 Å². The van der Waals surface area contributed by atoms with Gasteiger partial charge in [-0.25, -0.2) is 18.3 Å². The van der Waals surface area contributed by atoms with E-state index in [0.29, 0.717) is 0 Å². The van der Waals surface area contributed by atoms with Crippen LogP contribution in [-0.4, -0.2) is 71.7 Å². The topological polar surface area (TPSA) is 138 Å². The van der Waals surface area contributed by atoms with Gasteiger partial charge < -0.3 is 25.2 Å². The lowest BCUT2D eigenvalue weighted by molar-refractivity contribution is -0.178. The summed E-state index contributed by atoms with van der Waals surface area (Å²) in [5.41, 5.74) is -1.21. The average molecular weight is 548 g/mol. The molecular formula is C21H17Cl2F2N3O6S. The van der Waals surface area contributed by atoms with Gasteiger partial charge in [-0.1, -0.05) is 40.2 Å². The summed E-state index contributed by atoms with van der Waals surface area (Å²) < 4.78 is 34.5. The second-order valence-electron chi connectivity index (χ2n) is 7.60. The Morgan fingerprint density at radius 2 is 1.83 bits per heavy atom. The molecule has 2 aromatic carbocycles. The summed E-state index contributed by atoms with van der Waals surface area (Å²) in [6, 6.07) is 4.78. The SMILES string of the molecule is O=C(O)c1ccc(Cl)cc1S[C@H]1O[C@H](CO)[C@H](O)[C@H](n2cc(-c3cc(F)c(Cl)c(F)c3)nn2)[C@H]1O. The predicted octanol–water partition coefficient (Wildman–Crippen LogP) is 3.00. The number of carbonyl (C=O) groups is 1. The first-order chi connectivity index (χ1) is 16.6. The summed E-state index contributed by atoms with van der Waals surface area (Å²) in [5.74, 6) is -3.24. The zero-order valence-corrected chi connectivity index (χ0v) is 19.8. The number of aliphatic hydroxyl groups excluding tert-OH is 3. The maximum absolute atomic E-state index is 13.9. The summed E-state index contributed by atoms with van der Waals surface area (Å²) in [6.07, 6.45) is -2.86. The molecule has 35 heavy (non-hydrogen) atoms. The first-order valence-corrected chi connectivity index (χ1v) is 11.6. The number of ether oxygens (including phenoxy) is 1. The van der Waals surface area contributed by atoms with E-state index in [1.165, 1.54) is 24.4 Å². The lowest BCUT2D eigenvalue weighted by Crippen LogP contribution is -2.55. The molecule has 5 atom stereocenters. The lowest BCUT2D eigenvalue weighted by Gasteiger charge is -2.41. The van der Waals surface area contributed by atoms with Crippen molar-refractivity contribution >= 4 is 40.9 Å². The van der Waals surface area contributed by atoms with Crippen molar-refractivity contribution in [2.45, 2.75) is 34.7 Å². The van der Waals surface area contributed by atoms with Gasteiger partial charge in [0.25, 0.3) is 0 Å². The quantitative estimate of drug-likeness (QED) is 0.343. The number of nitrogens with zero attached hydrogens (tertiary/aromatic N) is 3. The van der Waals surface area contributed by atoms with Crippen molar-refractivity contribution in [1.82, 2.24) is 15.0 Å². The van der Waals surface area contributed by atoms with Gasteiger partial charge in [0.05, 0.1) is 18.4 Å². The van der Waals surface area contributed by atoms with Crippen LogP contribution in [0.15, 0.2) is 41.4 Å². The highest BCUT2D eigenvalue weighted by atomic mass is 35.5. The molecule has 0 unspecified atom stereocenters. The molecule has 0 bridgehead atoms. The molecule has 0 radical (unpaired) electrons. The number of aromatic carboxylic acids is 1. The fourth-order valence-electron chi connectivity index (χ4n) is 3.63. The molecule has 1 fully saturated rings. The normalized spacial score (nSPS) is 24.5. The van der Waals surface area contributed by atoms with E-state index in [2.05, 4.69) is 10.3 Å². The number of rotatable bonds is 6. The largest absolute Gasteiger partial charge is 0.478 e. The van der Waals surface area contributed by atoms with E-state index >= 15 is 0 Å². The average Bonchev–Trinajstić information content (AvgIpc) is 3.28. The number of carboxylic acids is 1. The Balaban J connectivity index is 1.67. The number of hydrogen-bond acceptors (Lipinski definition) is 8. The summed E-state index contributed by atoms with van der Waals surface area (Å²) in [7, 11) is 0. The molecule has 0 aliphatic carbocycles. The Bertz CT molecular complexity index is 1240. The third-order valence-corrected chi connectivity index (χ3v) is 7.17. The summed E-state index contributed by atoms with van der Waals surface area (Å²) in [5, 5.41) is 48.3. The van der Waals surface area contributed by atoms with Crippen LogP contribution in [0.25, 0.3) is 11.3 Å². The molecule has 0 saturated carbocycles. The summed E-state index contributed by atoms with van der Waals surface area (Å²) >= 11 is 12.3. The maximum Gasteiger partial charge on any atom is 0.336 e. The van der Waals surface area contributed by atoms with Gasteiger partial charge >= 0.3 is 5.97 Å². The standard InChI is InChI=1S/C21H17Cl2F2N3O6S/c22-9-1-2-10(20(32)33)15(5-9)35-21-19(31)17(18(30)14(7-29)34-21)28-6-13(26-27-28)8-3-11(24)16(23)12(25)4-8/h1-6,14,17-19,21,29-31H,7H2,(H,32,33)/t14-,17+,18+,19-,21-/m1/s1. The second kappa shape index (κ2) is 10.3. The third-order valence-electron chi connectivity index (χ3n) is 5.36. The molecular weight excluding hydrogens is 531 g/mol. The first kappa shape index (κ1) is 25.8. The molecule has 0 amide bonds. The van der Waals surface area contributed by atoms with Crippen LogP contribution in [0.3, 0.4) is 0 Å².